The van der Waals surface area contributed by atoms with Crippen LogP contribution in [0.5, 0.6) is 5.75 Å². The van der Waals surface area contributed by atoms with E-state index in [9.17, 15) is 9.59 Å². The average Bonchev–Trinajstić information content (AvgIpc) is 3.02. The Bertz CT molecular complexity index is 895. The van der Waals surface area contributed by atoms with E-state index in [1.807, 2.05) is 61.5 Å². The second kappa shape index (κ2) is 9.43. The van der Waals surface area contributed by atoms with E-state index in [1.165, 1.54) is 23.5 Å². The van der Waals surface area contributed by atoms with Crippen LogP contribution < -0.4 is 10.1 Å². The van der Waals surface area contributed by atoms with E-state index >= 15 is 0 Å². The number of para-hydroxylation sites is 2. The van der Waals surface area contributed by atoms with Crippen LogP contribution in [0.2, 0.25) is 0 Å². The molecule has 1 aliphatic rings. The number of hydrogen-bond acceptors (Lipinski definition) is 5. The Morgan fingerprint density at radius 3 is 2.70 bits per heavy atom. The van der Waals surface area contributed by atoms with Crippen molar-refractivity contribution in [1.29, 1.82) is 0 Å². The largest absolute Gasteiger partial charge is 0.492 e. The van der Waals surface area contributed by atoms with Gasteiger partial charge in [0.05, 0.1) is 23.0 Å². The highest BCUT2D eigenvalue weighted by Gasteiger charge is 2.23. The maximum absolute atomic E-state index is 12.2. The van der Waals surface area contributed by atoms with Crippen molar-refractivity contribution in [3.63, 3.8) is 0 Å². The third-order valence-corrected chi connectivity index (χ3v) is 5.61. The molecule has 138 valence electrons. The number of thioether (sulfide) groups is 2. The van der Waals surface area contributed by atoms with Gasteiger partial charge in [0.25, 0.3) is 5.91 Å². The van der Waals surface area contributed by atoms with Gasteiger partial charge in [-0.1, -0.05) is 66.0 Å². The highest BCUT2D eigenvalue weighted by Crippen LogP contribution is 2.34. The molecule has 2 aromatic rings. The van der Waals surface area contributed by atoms with Crippen molar-refractivity contribution in [2.75, 3.05) is 17.7 Å². The molecule has 7 heteroatoms. The van der Waals surface area contributed by atoms with Gasteiger partial charge in [-0.05, 0) is 30.7 Å². The molecule has 0 radical (unpaired) electrons. The Balaban J connectivity index is 1.55. The van der Waals surface area contributed by atoms with Gasteiger partial charge in [-0.25, -0.2) is 0 Å². The van der Waals surface area contributed by atoms with Crippen molar-refractivity contribution in [2.45, 2.75) is 6.92 Å². The molecular weight excluding hydrogens is 380 g/mol. The lowest BCUT2D eigenvalue weighted by Gasteiger charge is -2.10. The summed E-state index contributed by atoms with van der Waals surface area (Å²) in [5.74, 6) is 0.351. The van der Waals surface area contributed by atoms with E-state index < -0.39 is 0 Å². The zero-order valence-electron chi connectivity index (χ0n) is 14.7. The summed E-state index contributed by atoms with van der Waals surface area (Å²) in [5, 5.41) is 2.83. The number of rotatable bonds is 6. The summed E-state index contributed by atoms with van der Waals surface area (Å²) in [6.45, 7) is 2.41. The second-order valence-corrected chi connectivity index (χ2v) is 7.72. The molecule has 1 aliphatic heterocycles. The summed E-state index contributed by atoms with van der Waals surface area (Å²) >= 11 is 2.54. The molecule has 2 aromatic carbocycles. The van der Waals surface area contributed by atoms with Crippen LogP contribution in [0.15, 0.2) is 64.5 Å². The molecule has 0 fully saturated rings. The molecule has 1 heterocycles. The number of amides is 2. The first-order valence-electron chi connectivity index (χ1n) is 8.38. The third-order valence-electron chi connectivity index (χ3n) is 3.49. The van der Waals surface area contributed by atoms with Crippen molar-refractivity contribution in [2.24, 2.45) is 4.99 Å². The zero-order chi connectivity index (χ0) is 19.1. The summed E-state index contributed by atoms with van der Waals surface area (Å²) in [5.41, 5.74) is 1.58. The van der Waals surface area contributed by atoms with E-state index in [2.05, 4.69) is 10.3 Å². The highest BCUT2D eigenvalue weighted by atomic mass is 32.2. The molecule has 0 saturated heterocycles. The van der Waals surface area contributed by atoms with Gasteiger partial charge in [0, 0.05) is 0 Å². The Hall–Kier alpha value is -2.51. The molecule has 0 aliphatic carbocycles. The minimum atomic E-state index is -0.270. The van der Waals surface area contributed by atoms with Crippen LogP contribution in [0.3, 0.4) is 0 Å². The normalized spacial score (nSPS) is 14.9. The topological polar surface area (TPSA) is 67.8 Å². The monoisotopic (exact) mass is 398 g/mol. The average molecular weight is 399 g/mol. The molecule has 0 saturated carbocycles. The Morgan fingerprint density at radius 2 is 1.93 bits per heavy atom. The minimum absolute atomic E-state index is 0.165. The number of anilines is 1. The van der Waals surface area contributed by atoms with Crippen molar-refractivity contribution in [3.8, 4) is 5.75 Å². The van der Waals surface area contributed by atoms with Crippen LogP contribution in [0, 0.1) is 0 Å². The second-order valence-electron chi connectivity index (χ2n) is 5.47. The SMILES string of the molecule is CCOc1ccccc1NC(=O)CSC1=NC(=O)/C(=C\c2ccccc2)S1. The van der Waals surface area contributed by atoms with Gasteiger partial charge in [-0.3, -0.25) is 9.59 Å². The minimum Gasteiger partial charge on any atom is -0.492 e. The van der Waals surface area contributed by atoms with Gasteiger partial charge < -0.3 is 10.1 Å². The molecule has 0 atom stereocenters. The molecular formula is C20H18N2O3S2. The Labute approximate surface area is 166 Å². The summed E-state index contributed by atoms with van der Waals surface area (Å²) in [6.07, 6.45) is 1.81. The lowest BCUT2D eigenvalue weighted by molar-refractivity contribution is -0.114. The fraction of sp³-hybridized carbons (Fsp3) is 0.150. The van der Waals surface area contributed by atoms with E-state index in [4.69, 9.17) is 4.74 Å². The highest BCUT2D eigenvalue weighted by molar-refractivity contribution is 8.41. The van der Waals surface area contributed by atoms with Crippen molar-refractivity contribution in [3.05, 3.63) is 65.1 Å². The number of hydrogen-bond donors (Lipinski definition) is 1. The molecule has 3 rings (SSSR count). The number of aliphatic imine (C=N–C) groups is 1. The predicted molar refractivity (Wildman–Crippen MR) is 113 cm³/mol. The number of nitrogens with one attached hydrogen (secondary N) is 1. The van der Waals surface area contributed by atoms with Crippen LogP contribution in [-0.2, 0) is 9.59 Å². The van der Waals surface area contributed by atoms with E-state index in [0.29, 0.717) is 27.3 Å². The quantitative estimate of drug-likeness (QED) is 0.729. The van der Waals surface area contributed by atoms with Gasteiger partial charge in [-0.15, -0.1) is 0 Å². The lowest BCUT2D eigenvalue weighted by atomic mass is 10.2. The smallest absolute Gasteiger partial charge is 0.285 e. The van der Waals surface area contributed by atoms with Crippen LogP contribution in [0.4, 0.5) is 5.69 Å². The number of nitrogens with zero attached hydrogens (tertiary/aromatic N) is 1. The first-order chi connectivity index (χ1) is 13.2. The summed E-state index contributed by atoms with van der Waals surface area (Å²) in [7, 11) is 0. The molecule has 0 bridgehead atoms. The predicted octanol–water partition coefficient (Wildman–Crippen LogP) is 4.43. The Kier molecular flexibility index (Phi) is 6.73. The molecule has 2 amide bonds. The van der Waals surface area contributed by atoms with Crippen LogP contribution in [0.1, 0.15) is 12.5 Å². The number of carbonyl (C=O) groups is 2. The maximum Gasteiger partial charge on any atom is 0.285 e. The summed E-state index contributed by atoms with van der Waals surface area (Å²) < 4.78 is 6.08. The number of carbonyl (C=O) groups excluding carboxylic acids is 2. The molecule has 27 heavy (non-hydrogen) atoms. The van der Waals surface area contributed by atoms with E-state index in [1.54, 1.807) is 6.07 Å². The van der Waals surface area contributed by atoms with Gasteiger partial charge in [0.2, 0.25) is 5.91 Å². The zero-order valence-corrected chi connectivity index (χ0v) is 16.3. The first kappa shape index (κ1) is 19.3. The Morgan fingerprint density at radius 1 is 1.19 bits per heavy atom. The molecule has 1 N–H and O–H groups in total. The molecule has 5 nitrogen and oxygen atoms in total. The number of benzene rings is 2. The number of ether oxygens (including phenoxy) is 1. The van der Waals surface area contributed by atoms with Gasteiger partial charge in [0.15, 0.2) is 0 Å². The fourth-order valence-electron chi connectivity index (χ4n) is 2.32. The summed E-state index contributed by atoms with van der Waals surface area (Å²) in [4.78, 5) is 28.8. The molecule has 0 unspecified atom stereocenters. The van der Waals surface area contributed by atoms with Crippen LogP contribution in [0.25, 0.3) is 6.08 Å². The van der Waals surface area contributed by atoms with Crippen molar-refractivity contribution >= 4 is 51.5 Å². The molecule has 0 aromatic heterocycles. The van der Waals surface area contributed by atoms with Crippen LogP contribution >= 0.6 is 23.5 Å². The lowest BCUT2D eigenvalue weighted by Crippen LogP contribution is -2.15. The molecule has 0 spiro atoms. The fourth-order valence-corrected chi connectivity index (χ4v) is 4.12. The van der Waals surface area contributed by atoms with Gasteiger partial charge in [-0.2, -0.15) is 4.99 Å². The maximum atomic E-state index is 12.2. The van der Waals surface area contributed by atoms with E-state index in [-0.39, 0.29) is 17.6 Å². The van der Waals surface area contributed by atoms with Gasteiger partial charge >= 0.3 is 0 Å². The summed E-state index contributed by atoms with van der Waals surface area (Å²) in [6, 6.07) is 16.9. The van der Waals surface area contributed by atoms with Crippen LogP contribution in [-0.4, -0.2) is 28.5 Å². The third kappa shape index (κ3) is 5.48. The van der Waals surface area contributed by atoms with Crippen molar-refractivity contribution in [1.82, 2.24) is 0 Å². The van der Waals surface area contributed by atoms with E-state index in [0.717, 1.165) is 5.56 Å². The van der Waals surface area contributed by atoms with Crippen molar-refractivity contribution < 1.29 is 14.3 Å². The standard InChI is InChI=1S/C20H18N2O3S2/c1-2-25-16-11-7-6-10-15(16)21-18(23)13-26-20-22-19(24)17(27-20)12-14-8-4-3-5-9-14/h3-12H,2,13H2,1H3,(H,21,23)/b17-12+. The first-order valence-corrected chi connectivity index (χ1v) is 10.2. The van der Waals surface area contributed by atoms with Gasteiger partial charge in [0.1, 0.15) is 10.1 Å².